The highest BCUT2D eigenvalue weighted by Gasteiger charge is 2.29. The van der Waals surface area contributed by atoms with Gasteiger partial charge in [0.2, 0.25) is 11.8 Å². The Bertz CT molecular complexity index is 541. The molecular formula is C15H21ClFN3O3. The van der Waals surface area contributed by atoms with Crippen LogP contribution < -0.4 is 11.1 Å². The van der Waals surface area contributed by atoms with Crippen LogP contribution in [0.2, 0.25) is 0 Å². The number of amides is 2. The van der Waals surface area contributed by atoms with Gasteiger partial charge in [0, 0.05) is 6.54 Å². The van der Waals surface area contributed by atoms with E-state index in [2.05, 4.69) is 5.32 Å². The van der Waals surface area contributed by atoms with Crippen molar-refractivity contribution in [3.63, 3.8) is 0 Å². The van der Waals surface area contributed by atoms with Crippen molar-refractivity contribution < 1.29 is 18.7 Å². The molecule has 1 heterocycles. The largest absolute Gasteiger partial charge is 0.367 e. The lowest BCUT2D eigenvalue weighted by Gasteiger charge is -2.37. The lowest BCUT2D eigenvalue weighted by atomic mass is 10.1. The van der Waals surface area contributed by atoms with E-state index in [0.29, 0.717) is 13.1 Å². The van der Waals surface area contributed by atoms with Crippen LogP contribution in [-0.2, 0) is 14.3 Å². The van der Waals surface area contributed by atoms with Gasteiger partial charge < -0.3 is 20.7 Å². The summed E-state index contributed by atoms with van der Waals surface area (Å²) in [6, 6.07) is 6.03. The minimum Gasteiger partial charge on any atom is -0.367 e. The lowest BCUT2D eigenvalue weighted by Crippen LogP contribution is -2.49. The molecular weight excluding hydrogens is 325 g/mol. The second kappa shape index (κ2) is 8.81. The van der Waals surface area contributed by atoms with Crippen LogP contribution in [0, 0.1) is 5.82 Å². The van der Waals surface area contributed by atoms with Crippen LogP contribution in [0.1, 0.15) is 18.6 Å². The molecule has 0 aliphatic carbocycles. The molecule has 2 atom stereocenters. The van der Waals surface area contributed by atoms with Crippen molar-refractivity contribution in [1.29, 1.82) is 0 Å². The molecule has 0 aromatic heterocycles. The predicted molar refractivity (Wildman–Crippen MR) is 85.6 cm³/mol. The number of carbonyl (C=O) groups excluding carboxylic acids is 2. The van der Waals surface area contributed by atoms with Gasteiger partial charge in [0.25, 0.3) is 0 Å². The first-order valence-corrected chi connectivity index (χ1v) is 7.15. The number of nitrogens with one attached hydrogen (secondary N) is 1. The van der Waals surface area contributed by atoms with E-state index in [9.17, 15) is 14.0 Å². The molecule has 1 aliphatic heterocycles. The Balaban J connectivity index is 0.00000264. The highest BCUT2D eigenvalue weighted by atomic mass is 35.5. The fraction of sp³-hybridized carbons (Fsp3) is 0.467. The molecule has 0 saturated carbocycles. The van der Waals surface area contributed by atoms with Gasteiger partial charge in [-0.05, 0) is 24.6 Å². The summed E-state index contributed by atoms with van der Waals surface area (Å²) in [7, 11) is 0. The normalized spacial score (nSPS) is 20.6. The Morgan fingerprint density at radius 3 is 2.61 bits per heavy atom. The zero-order chi connectivity index (χ0) is 16.1. The molecule has 3 N–H and O–H groups in total. The number of nitrogens with zero attached hydrogens (tertiary/aromatic N) is 1. The van der Waals surface area contributed by atoms with Gasteiger partial charge in [-0.1, -0.05) is 12.1 Å². The monoisotopic (exact) mass is 345 g/mol. The number of ether oxygens (including phenoxy) is 1. The molecule has 1 saturated heterocycles. The number of rotatable bonds is 4. The molecule has 2 amide bonds. The van der Waals surface area contributed by atoms with Gasteiger partial charge in [0.1, 0.15) is 11.9 Å². The quantitative estimate of drug-likeness (QED) is 0.837. The van der Waals surface area contributed by atoms with Crippen LogP contribution >= 0.6 is 12.4 Å². The van der Waals surface area contributed by atoms with E-state index >= 15 is 0 Å². The molecule has 2 unspecified atom stereocenters. The van der Waals surface area contributed by atoms with Crippen molar-refractivity contribution in [2.24, 2.45) is 5.73 Å². The third-order valence-corrected chi connectivity index (χ3v) is 3.48. The third-order valence-electron chi connectivity index (χ3n) is 3.48. The summed E-state index contributed by atoms with van der Waals surface area (Å²) in [5.41, 5.74) is 6.00. The molecule has 0 radical (unpaired) electrons. The van der Waals surface area contributed by atoms with Gasteiger partial charge in [-0.25, -0.2) is 4.39 Å². The molecule has 1 aliphatic rings. The SMILES string of the molecule is CC1CN(C(=O)CNC(=O)CN)CC(c2ccc(F)cc2)O1.Cl. The molecule has 8 heteroatoms. The Kier molecular flexibility index (Phi) is 7.41. The standard InChI is InChI=1S/C15H20FN3O3.ClH/c1-10-8-19(15(21)7-18-14(20)6-17)9-13(22-10)11-2-4-12(16)5-3-11;/h2-5,10,13H,6-9,17H2,1H3,(H,18,20);1H. The second-order valence-corrected chi connectivity index (χ2v) is 5.27. The highest BCUT2D eigenvalue weighted by molar-refractivity contribution is 5.85. The number of nitrogens with two attached hydrogens (primary N) is 1. The van der Waals surface area contributed by atoms with Crippen LogP contribution in [-0.4, -0.2) is 49.0 Å². The number of benzene rings is 1. The van der Waals surface area contributed by atoms with Crippen molar-refractivity contribution in [2.75, 3.05) is 26.2 Å². The van der Waals surface area contributed by atoms with E-state index in [4.69, 9.17) is 10.5 Å². The second-order valence-electron chi connectivity index (χ2n) is 5.27. The van der Waals surface area contributed by atoms with Gasteiger partial charge in [-0.2, -0.15) is 0 Å². The number of halogens is 2. The fourth-order valence-electron chi connectivity index (χ4n) is 2.37. The van der Waals surface area contributed by atoms with Gasteiger partial charge in [-0.15, -0.1) is 12.4 Å². The van der Waals surface area contributed by atoms with E-state index in [0.717, 1.165) is 5.56 Å². The number of hydrogen-bond donors (Lipinski definition) is 2. The van der Waals surface area contributed by atoms with Crippen LogP contribution in [0.25, 0.3) is 0 Å². The molecule has 2 rings (SSSR count). The average Bonchev–Trinajstić information content (AvgIpc) is 2.52. The summed E-state index contributed by atoms with van der Waals surface area (Å²) >= 11 is 0. The maximum absolute atomic E-state index is 13.0. The van der Waals surface area contributed by atoms with Crippen LogP contribution in [0.15, 0.2) is 24.3 Å². The van der Waals surface area contributed by atoms with E-state index in [1.165, 1.54) is 12.1 Å². The molecule has 23 heavy (non-hydrogen) atoms. The first-order chi connectivity index (χ1) is 10.5. The lowest BCUT2D eigenvalue weighted by molar-refractivity contribution is -0.144. The van der Waals surface area contributed by atoms with Crippen molar-refractivity contribution >= 4 is 24.2 Å². The Labute approximate surface area is 140 Å². The summed E-state index contributed by atoms with van der Waals surface area (Å²) in [4.78, 5) is 24.9. The Morgan fingerprint density at radius 1 is 1.35 bits per heavy atom. The smallest absolute Gasteiger partial charge is 0.242 e. The molecule has 1 fully saturated rings. The molecule has 0 spiro atoms. The summed E-state index contributed by atoms with van der Waals surface area (Å²) in [6.07, 6.45) is -0.448. The summed E-state index contributed by atoms with van der Waals surface area (Å²) < 4.78 is 18.8. The number of carbonyl (C=O) groups is 2. The number of morpholine rings is 1. The Morgan fingerprint density at radius 2 is 2.00 bits per heavy atom. The van der Waals surface area contributed by atoms with Crippen LogP contribution in [0.4, 0.5) is 4.39 Å². The van der Waals surface area contributed by atoms with E-state index in [1.54, 1.807) is 17.0 Å². The van der Waals surface area contributed by atoms with E-state index in [-0.39, 0.29) is 55.3 Å². The minimum absolute atomic E-state index is 0. The van der Waals surface area contributed by atoms with Crippen LogP contribution in [0.5, 0.6) is 0 Å². The first-order valence-electron chi connectivity index (χ1n) is 7.15. The van der Waals surface area contributed by atoms with Gasteiger partial charge in [-0.3, -0.25) is 9.59 Å². The maximum atomic E-state index is 13.0. The number of hydrogen-bond acceptors (Lipinski definition) is 4. The van der Waals surface area contributed by atoms with Gasteiger partial charge >= 0.3 is 0 Å². The minimum atomic E-state index is -0.371. The predicted octanol–water partition coefficient (Wildman–Crippen LogP) is 0.611. The van der Waals surface area contributed by atoms with E-state index in [1.807, 2.05) is 6.92 Å². The molecule has 128 valence electrons. The maximum Gasteiger partial charge on any atom is 0.242 e. The summed E-state index contributed by atoms with van der Waals surface area (Å²) in [5, 5.41) is 2.46. The zero-order valence-corrected chi connectivity index (χ0v) is 13.6. The topological polar surface area (TPSA) is 84.7 Å². The summed E-state index contributed by atoms with van der Waals surface area (Å²) in [6.45, 7) is 2.46. The third kappa shape index (κ3) is 5.46. The van der Waals surface area contributed by atoms with Crippen molar-refractivity contribution in [1.82, 2.24) is 10.2 Å². The van der Waals surface area contributed by atoms with Gasteiger partial charge in [0.05, 0.1) is 25.7 Å². The van der Waals surface area contributed by atoms with E-state index < -0.39 is 0 Å². The van der Waals surface area contributed by atoms with Crippen LogP contribution in [0.3, 0.4) is 0 Å². The fourth-order valence-corrected chi connectivity index (χ4v) is 2.37. The molecule has 1 aromatic carbocycles. The Hall–Kier alpha value is -1.70. The highest BCUT2D eigenvalue weighted by Crippen LogP contribution is 2.25. The molecule has 6 nitrogen and oxygen atoms in total. The van der Waals surface area contributed by atoms with Crippen molar-refractivity contribution in [3.05, 3.63) is 35.6 Å². The van der Waals surface area contributed by atoms with Gasteiger partial charge in [0.15, 0.2) is 0 Å². The molecule has 0 bridgehead atoms. The van der Waals surface area contributed by atoms with Crippen molar-refractivity contribution in [3.8, 4) is 0 Å². The average molecular weight is 346 g/mol. The first kappa shape index (κ1) is 19.3. The van der Waals surface area contributed by atoms with Crippen molar-refractivity contribution in [2.45, 2.75) is 19.1 Å². The zero-order valence-electron chi connectivity index (χ0n) is 12.8. The molecule has 1 aromatic rings. The summed E-state index contributed by atoms with van der Waals surface area (Å²) in [5.74, 6) is -0.876.